The van der Waals surface area contributed by atoms with Crippen molar-refractivity contribution < 1.29 is 9.53 Å². The summed E-state index contributed by atoms with van der Waals surface area (Å²) in [5.74, 6) is 1.38. The molecule has 3 nitrogen and oxygen atoms in total. The Labute approximate surface area is 136 Å². The van der Waals surface area contributed by atoms with Crippen LogP contribution in [0.5, 0.6) is 5.75 Å². The van der Waals surface area contributed by atoms with Crippen molar-refractivity contribution in [2.45, 2.75) is 32.7 Å². The maximum Gasteiger partial charge on any atom is 0.220 e. The fourth-order valence-electron chi connectivity index (χ4n) is 2.35. The van der Waals surface area contributed by atoms with Crippen molar-refractivity contribution in [3.63, 3.8) is 0 Å². The highest BCUT2D eigenvalue weighted by Crippen LogP contribution is 2.28. The van der Waals surface area contributed by atoms with E-state index in [1.807, 2.05) is 18.2 Å². The second-order valence-corrected chi connectivity index (χ2v) is 5.56. The molecular formula is C18H22ClNO2. The number of hydrogen-bond acceptors (Lipinski definition) is 2. The summed E-state index contributed by atoms with van der Waals surface area (Å²) in [6, 6.07) is 12.2. The first kappa shape index (κ1) is 16.6. The highest BCUT2D eigenvalue weighted by Gasteiger charge is 2.10. The van der Waals surface area contributed by atoms with Crippen LogP contribution >= 0.6 is 11.6 Å². The predicted octanol–water partition coefficient (Wildman–Crippen LogP) is 4.26. The van der Waals surface area contributed by atoms with Crippen LogP contribution in [0.15, 0.2) is 36.4 Å². The first-order valence-corrected chi connectivity index (χ1v) is 8.25. The first-order chi connectivity index (χ1) is 10.8. The average molecular weight is 320 g/mol. The fraction of sp³-hybridized carbons (Fsp3) is 0.389. The Morgan fingerprint density at radius 3 is 2.82 bits per heavy atom. The van der Waals surface area contributed by atoms with Crippen LogP contribution in [0.3, 0.4) is 0 Å². The number of hydrogen-bond donors (Lipinski definition) is 1. The first-order valence-electron chi connectivity index (χ1n) is 7.72. The third-order valence-corrected chi connectivity index (χ3v) is 3.73. The zero-order valence-corrected chi connectivity index (χ0v) is 13.7. The number of benzene rings is 2. The van der Waals surface area contributed by atoms with E-state index in [0.717, 1.165) is 28.5 Å². The number of halogens is 1. The molecule has 0 unspecified atom stereocenters. The maximum atomic E-state index is 11.8. The monoisotopic (exact) mass is 319 g/mol. The van der Waals surface area contributed by atoms with Crippen molar-refractivity contribution in [3.8, 4) is 5.75 Å². The molecule has 0 heterocycles. The molecule has 0 fully saturated rings. The van der Waals surface area contributed by atoms with E-state index < -0.39 is 0 Å². The minimum atomic E-state index is 0.0232. The lowest BCUT2D eigenvalue weighted by atomic mass is 10.0. The van der Waals surface area contributed by atoms with Crippen LogP contribution < -0.4 is 10.1 Å². The Bertz CT molecular complexity index is 628. The summed E-state index contributed by atoms with van der Waals surface area (Å²) in [6.45, 7) is 3.22. The Morgan fingerprint density at radius 1 is 1.23 bits per heavy atom. The molecule has 4 heteroatoms. The van der Waals surface area contributed by atoms with Gasteiger partial charge in [0.15, 0.2) is 0 Å². The zero-order valence-electron chi connectivity index (χ0n) is 12.9. The van der Waals surface area contributed by atoms with Crippen molar-refractivity contribution in [2.24, 2.45) is 0 Å². The second-order valence-electron chi connectivity index (χ2n) is 5.18. The quantitative estimate of drug-likeness (QED) is 0.738. The molecule has 0 bridgehead atoms. The highest BCUT2D eigenvalue weighted by molar-refractivity contribution is 6.17. The van der Waals surface area contributed by atoms with E-state index in [-0.39, 0.29) is 5.91 Å². The Hall–Kier alpha value is -1.74. The third kappa shape index (κ3) is 4.38. The van der Waals surface area contributed by atoms with Gasteiger partial charge in [-0.15, -0.1) is 11.6 Å². The fourth-order valence-corrected chi connectivity index (χ4v) is 2.48. The molecule has 0 radical (unpaired) electrons. The van der Waals surface area contributed by atoms with Gasteiger partial charge >= 0.3 is 0 Å². The molecule has 1 amide bonds. The average Bonchev–Trinajstić information content (AvgIpc) is 2.56. The summed E-state index contributed by atoms with van der Waals surface area (Å²) in [6.07, 6.45) is 2.11. The summed E-state index contributed by atoms with van der Waals surface area (Å²) in [5, 5.41) is 5.23. The van der Waals surface area contributed by atoms with E-state index >= 15 is 0 Å². The predicted molar refractivity (Wildman–Crippen MR) is 91.5 cm³/mol. The lowest BCUT2D eigenvalue weighted by Crippen LogP contribution is -2.23. The van der Waals surface area contributed by atoms with Gasteiger partial charge in [0, 0.05) is 24.4 Å². The van der Waals surface area contributed by atoms with E-state index in [1.165, 1.54) is 0 Å². The van der Waals surface area contributed by atoms with Crippen LogP contribution in [0.4, 0.5) is 0 Å². The molecule has 118 valence electrons. The molecule has 0 saturated heterocycles. The van der Waals surface area contributed by atoms with Gasteiger partial charge in [0.1, 0.15) is 5.75 Å². The lowest BCUT2D eigenvalue weighted by Gasteiger charge is -2.14. The zero-order chi connectivity index (χ0) is 15.8. The summed E-state index contributed by atoms with van der Waals surface area (Å²) in [4.78, 5) is 11.8. The van der Waals surface area contributed by atoms with Crippen molar-refractivity contribution in [3.05, 3.63) is 42.0 Å². The summed E-state index contributed by atoms with van der Waals surface area (Å²) < 4.78 is 5.84. The summed E-state index contributed by atoms with van der Waals surface area (Å²) in [5.41, 5.74) is 1.03. The molecule has 0 aliphatic carbocycles. The van der Waals surface area contributed by atoms with E-state index in [1.54, 1.807) is 0 Å². The molecule has 1 N–H and O–H groups in total. The maximum absolute atomic E-state index is 11.8. The number of carbonyl (C=O) groups excluding carboxylic acids is 1. The SMILES string of the molecule is CCCOc1ccc2ccccc2c1CNC(=O)CCCCl. The molecule has 2 aromatic rings. The van der Waals surface area contributed by atoms with Crippen molar-refractivity contribution >= 4 is 28.3 Å². The molecule has 22 heavy (non-hydrogen) atoms. The van der Waals surface area contributed by atoms with Gasteiger partial charge in [-0.3, -0.25) is 4.79 Å². The Morgan fingerprint density at radius 2 is 2.05 bits per heavy atom. The van der Waals surface area contributed by atoms with Gasteiger partial charge in [-0.2, -0.15) is 0 Å². The van der Waals surface area contributed by atoms with E-state index in [0.29, 0.717) is 31.9 Å². The number of rotatable bonds is 8. The van der Waals surface area contributed by atoms with Gasteiger partial charge in [0.25, 0.3) is 0 Å². The molecular weight excluding hydrogens is 298 g/mol. The van der Waals surface area contributed by atoms with E-state index in [9.17, 15) is 4.79 Å². The summed E-state index contributed by atoms with van der Waals surface area (Å²) in [7, 11) is 0. The highest BCUT2D eigenvalue weighted by atomic mass is 35.5. The largest absolute Gasteiger partial charge is 0.493 e. The van der Waals surface area contributed by atoms with Gasteiger partial charge in [0.05, 0.1) is 6.61 Å². The van der Waals surface area contributed by atoms with E-state index in [4.69, 9.17) is 16.3 Å². The summed E-state index contributed by atoms with van der Waals surface area (Å²) >= 11 is 5.62. The van der Waals surface area contributed by atoms with E-state index in [2.05, 4.69) is 30.4 Å². The number of nitrogens with one attached hydrogen (secondary N) is 1. The van der Waals surface area contributed by atoms with Crippen LogP contribution in [0, 0.1) is 0 Å². The molecule has 0 aliphatic rings. The van der Waals surface area contributed by atoms with Gasteiger partial charge in [-0.1, -0.05) is 37.3 Å². The van der Waals surface area contributed by atoms with Crippen LogP contribution in [0.1, 0.15) is 31.7 Å². The van der Waals surface area contributed by atoms with Crippen molar-refractivity contribution in [2.75, 3.05) is 12.5 Å². The Kier molecular flexibility index (Phi) is 6.53. The normalized spacial score (nSPS) is 10.6. The van der Waals surface area contributed by atoms with Gasteiger partial charge in [0.2, 0.25) is 5.91 Å². The van der Waals surface area contributed by atoms with Crippen LogP contribution in [-0.2, 0) is 11.3 Å². The van der Waals surface area contributed by atoms with Gasteiger partial charge in [-0.25, -0.2) is 0 Å². The molecule has 2 aromatic carbocycles. The molecule has 0 aromatic heterocycles. The number of carbonyl (C=O) groups is 1. The minimum absolute atomic E-state index is 0.0232. The minimum Gasteiger partial charge on any atom is -0.493 e. The molecule has 0 spiro atoms. The molecule has 0 saturated carbocycles. The molecule has 0 aliphatic heterocycles. The van der Waals surface area contributed by atoms with Gasteiger partial charge in [-0.05, 0) is 29.7 Å². The third-order valence-electron chi connectivity index (χ3n) is 3.46. The van der Waals surface area contributed by atoms with Crippen LogP contribution in [0.2, 0.25) is 0 Å². The smallest absolute Gasteiger partial charge is 0.220 e. The molecule has 2 rings (SSSR count). The topological polar surface area (TPSA) is 38.3 Å². The standard InChI is InChI=1S/C18H22ClNO2/c1-2-12-22-17-10-9-14-6-3-4-7-15(14)16(17)13-20-18(21)8-5-11-19/h3-4,6-7,9-10H,2,5,8,11-13H2,1H3,(H,20,21). The number of amides is 1. The molecule has 0 atom stereocenters. The number of ether oxygens (including phenoxy) is 1. The Balaban J connectivity index is 2.21. The van der Waals surface area contributed by atoms with Crippen molar-refractivity contribution in [1.82, 2.24) is 5.32 Å². The number of fused-ring (bicyclic) bond motifs is 1. The second kappa shape index (κ2) is 8.64. The van der Waals surface area contributed by atoms with Crippen LogP contribution in [-0.4, -0.2) is 18.4 Å². The van der Waals surface area contributed by atoms with Crippen molar-refractivity contribution in [1.29, 1.82) is 0 Å². The van der Waals surface area contributed by atoms with Gasteiger partial charge < -0.3 is 10.1 Å². The lowest BCUT2D eigenvalue weighted by molar-refractivity contribution is -0.121. The number of alkyl halides is 1. The van der Waals surface area contributed by atoms with Crippen LogP contribution in [0.25, 0.3) is 10.8 Å².